The summed E-state index contributed by atoms with van der Waals surface area (Å²) in [7, 11) is 0. The number of aliphatic hydroxyl groups is 1. The summed E-state index contributed by atoms with van der Waals surface area (Å²) in [6, 6.07) is 7.50. The van der Waals surface area contributed by atoms with E-state index in [-0.39, 0.29) is 5.78 Å². The summed E-state index contributed by atoms with van der Waals surface area (Å²) in [5, 5.41) is 10.4. The van der Waals surface area contributed by atoms with E-state index < -0.39 is 5.60 Å². The number of carbonyl (C=O) groups is 1. The predicted octanol–water partition coefficient (Wildman–Crippen LogP) is 1.97. The molecule has 0 spiro atoms. The molecule has 0 atom stereocenters. The first-order valence-electron chi connectivity index (χ1n) is 5.99. The van der Waals surface area contributed by atoms with Crippen molar-refractivity contribution in [2.24, 2.45) is 0 Å². The average Bonchev–Trinajstić information content (AvgIpc) is 2.29. The summed E-state index contributed by atoms with van der Waals surface area (Å²) in [5.74, 6) is 0.0609. The molecular weight excluding hydrogens is 216 g/mol. The molecule has 1 aromatic carbocycles. The summed E-state index contributed by atoms with van der Waals surface area (Å²) >= 11 is 0. The molecule has 0 aliphatic carbocycles. The Kier molecular flexibility index (Phi) is 3.60. The van der Waals surface area contributed by atoms with E-state index >= 15 is 0 Å². The highest BCUT2D eigenvalue weighted by atomic mass is 16.5. The first kappa shape index (κ1) is 12.3. The first-order valence-corrected chi connectivity index (χ1v) is 5.99. The van der Waals surface area contributed by atoms with Crippen LogP contribution >= 0.6 is 0 Å². The number of hydrogen-bond donors (Lipinski definition) is 1. The van der Waals surface area contributed by atoms with Crippen molar-refractivity contribution in [1.82, 2.24) is 0 Å². The monoisotopic (exact) mass is 234 g/mol. The molecule has 0 bridgehead atoms. The second-order valence-corrected chi connectivity index (χ2v) is 4.77. The summed E-state index contributed by atoms with van der Waals surface area (Å²) in [6.45, 7) is 2.79. The van der Waals surface area contributed by atoms with Gasteiger partial charge in [0.2, 0.25) is 0 Å². The zero-order chi connectivity index (χ0) is 12.3. The molecule has 0 unspecified atom stereocenters. The van der Waals surface area contributed by atoms with Gasteiger partial charge in [0.1, 0.15) is 0 Å². The first-order chi connectivity index (χ1) is 8.09. The van der Waals surface area contributed by atoms with Crippen molar-refractivity contribution < 1.29 is 14.6 Å². The van der Waals surface area contributed by atoms with E-state index in [1.54, 1.807) is 13.0 Å². The molecule has 1 heterocycles. The zero-order valence-corrected chi connectivity index (χ0v) is 10.1. The normalized spacial score (nSPS) is 18.9. The summed E-state index contributed by atoms with van der Waals surface area (Å²) in [4.78, 5) is 11.3. The quantitative estimate of drug-likeness (QED) is 0.813. The predicted molar refractivity (Wildman–Crippen MR) is 65.2 cm³/mol. The van der Waals surface area contributed by atoms with Gasteiger partial charge in [-0.2, -0.15) is 0 Å². The number of rotatable bonds is 3. The minimum absolute atomic E-state index is 0.0609. The van der Waals surface area contributed by atoms with Crippen LogP contribution in [0.1, 0.15) is 35.7 Å². The van der Waals surface area contributed by atoms with E-state index in [1.165, 1.54) is 0 Å². The van der Waals surface area contributed by atoms with Gasteiger partial charge in [-0.05, 0) is 31.4 Å². The van der Waals surface area contributed by atoms with Gasteiger partial charge in [0.25, 0.3) is 0 Å². The van der Waals surface area contributed by atoms with E-state index in [4.69, 9.17) is 4.74 Å². The van der Waals surface area contributed by atoms with Crippen molar-refractivity contribution in [3.8, 4) is 0 Å². The number of Topliss-reactive ketones (excluding diaryl/α,β-unsaturated/α-hetero) is 1. The third kappa shape index (κ3) is 3.14. The van der Waals surface area contributed by atoms with E-state index in [9.17, 15) is 9.90 Å². The van der Waals surface area contributed by atoms with Gasteiger partial charge >= 0.3 is 0 Å². The highest BCUT2D eigenvalue weighted by Gasteiger charge is 2.29. The molecule has 3 nitrogen and oxygen atoms in total. The maximum absolute atomic E-state index is 11.3. The maximum Gasteiger partial charge on any atom is 0.159 e. The standard InChI is InChI=1S/C14H18O3/c1-11(15)13-4-2-3-12(9-13)10-14(16)5-7-17-8-6-14/h2-4,9,16H,5-8,10H2,1H3. The number of ether oxygens (including phenoxy) is 1. The molecule has 0 aromatic heterocycles. The van der Waals surface area contributed by atoms with Gasteiger partial charge < -0.3 is 9.84 Å². The molecule has 92 valence electrons. The van der Waals surface area contributed by atoms with Gasteiger partial charge in [-0.1, -0.05) is 18.2 Å². The third-order valence-corrected chi connectivity index (χ3v) is 3.29. The highest BCUT2D eigenvalue weighted by molar-refractivity contribution is 5.94. The molecule has 1 aliphatic rings. The summed E-state index contributed by atoms with van der Waals surface area (Å²) in [6.07, 6.45) is 1.92. The molecule has 1 N–H and O–H groups in total. The highest BCUT2D eigenvalue weighted by Crippen LogP contribution is 2.25. The molecule has 0 amide bonds. The lowest BCUT2D eigenvalue weighted by molar-refractivity contribution is -0.0625. The molecule has 2 rings (SSSR count). The molecule has 0 saturated carbocycles. The Labute approximate surface area is 101 Å². The third-order valence-electron chi connectivity index (χ3n) is 3.29. The largest absolute Gasteiger partial charge is 0.389 e. The van der Waals surface area contributed by atoms with Gasteiger partial charge in [-0.15, -0.1) is 0 Å². The van der Waals surface area contributed by atoms with Gasteiger partial charge in [0.05, 0.1) is 5.60 Å². The molecule has 3 heteroatoms. The Morgan fingerprint density at radius 2 is 2.12 bits per heavy atom. The van der Waals surface area contributed by atoms with Crippen LogP contribution in [-0.4, -0.2) is 29.7 Å². The lowest BCUT2D eigenvalue weighted by Crippen LogP contribution is -2.38. The topological polar surface area (TPSA) is 46.5 Å². The van der Waals surface area contributed by atoms with Crippen molar-refractivity contribution in [2.75, 3.05) is 13.2 Å². The Balaban J connectivity index is 2.12. The molecule has 1 aromatic rings. The Morgan fingerprint density at radius 1 is 1.41 bits per heavy atom. The van der Waals surface area contributed by atoms with Gasteiger partial charge in [-0.25, -0.2) is 0 Å². The van der Waals surface area contributed by atoms with Crippen molar-refractivity contribution in [3.05, 3.63) is 35.4 Å². The molecule has 1 fully saturated rings. The van der Waals surface area contributed by atoms with Gasteiger partial charge in [-0.3, -0.25) is 4.79 Å². The van der Waals surface area contributed by atoms with Gasteiger partial charge in [0, 0.05) is 25.2 Å². The molecule has 17 heavy (non-hydrogen) atoms. The minimum Gasteiger partial charge on any atom is -0.389 e. The summed E-state index contributed by atoms with van der Waals surface area (Å²) < 4.78 is 5.25. The van der Waals surface area contributed by atoms with Crippen molar-refractivity contribution in [2.45, 2.75) is 31.8 Å². The van der Waals surface area contributed by atoms with Crippen molar-refractivity contribution in [1.29, 1.82) is 0 Å². The van der Waals surface area contributed by atoms with Crippen LogP contribution in [0.4, 0.5) is 0 Å². The zero-order valence-electron chi connectivity index (χ0n) is 10.1. The number of benzene rings is 1. The van der Waals surface area contributed by atoms with Crippen molar-refractivity contribution >= 4 is 5.78 Å². The fourth-order valence-electron chi connectivity index (χ4n) is 2.21. The summed E-state index contributed by atoms with van der Waals surface area (Å²) in [5.41, 5.74) is 1.05. The SMILES string of the molecule is CC(=O)c1cccc(CC2(O)CCOCC2)c1. The lowest BCUT2D eigenvalue weighted by atomic mass is 9.87. The van der Waals surface area contributed by atoms with Crippen LogP contribution in [0, 0.1) is 0 Å². The second kappa shape index (κ2) is 4.98. The lowest BCUT2D eigenvalue weighted by Gasteiger charge is -2.32. The number of hydrogen-bond acceptors (Lipinski definition) is 3. The maximum atomic E-state index is 11.3. The van der Waals surface area contributed by atoms with Crippen LogP contribution in [0.2, 0.25) is 0 Å². The van der Waals surface area contributed by atoms with E-state index in [0.29, 0.717) is 38.0 Å². The van der Waals surface area contributed by atoms with Crippen LogP contribution in [0.3, 0.4) is 0 Å². The van der Waals surface area contributed by atoms with E-state index in [1.807, 2.05) is 18.2 Å². The number of carbonyl (C=O) groups excluding carboxylic acids is 1. The van der Waals surface area contributed by atoms with Crippen LogP contribution in [0.5, 0.6) is 0 Å². The minimum atomic E-state index is -0.673. The Morgan fingerprint density at radius 3 is 2.76 bits per heavy atom. The van der Waals surface area contributed by atoms with Crippen LogP contribution < -0.4 is 0 Å². The van der Waals surface area contributed by atoms with Crippen LogP contribution in [-0.2, 0) is 11.2 Å². The molecule has 1 aliphatic heterocycles. The number of ketones is 1. The second-order valence-electron chi connectivity index (χ2n) is 4.77. The smallest absolute Gasteiger partial charge is 0.159 e. The average molecular weight is 234 g/mol. The van der Waals surface area contributed by atoms with Crippen LogP contribution in [0.15, 0.2) is 24.3 Å². The van der Waals surface area contributed by atoms with Gasteiger partial charge in [0.15, 0.2) is 5.78 Å². The van der Waals surface area contributed by atoms with E-state index in [0.717, 1.165) is 5.56 Å². The molecular formula is C14H18O3. The van der Waals surface area contributed by atoms with Crippen molar-refractivity contribution in [3.63, 3.8) is 0 Å². The molecule has 1 saturated heterocycles. The fourth-order valence-corrected chi connectivity index (χ4v) is 2.21. The fraction of sp³-hybridized carbons (Fsp3) is 0.500. The Hall–Kier alpha value is -1.19. The van der Waals surface area contributed by atoms with E-state index in [2.05, 4.69) is 0 Å². The van der Waals surface area contributed by atoms with Crippen LogP contribution in [0.25, 0.3) is 0 Å². The molecule has 0 radical (unpaired) electrons. The Bertz CT molecular complexity index is 406.